The number of aromatic nitrogens is 5. The Kier molecular flexibility index (Phi) is 9.41. The number of alkyl halides is 3. The van der Waals surface area contributed by atoms with Crippen molar-refractivity contribution in [3.05, 3.63) is 69.3 Å². The van der Waals surface area contributed by atoms with E-state index in [9.17, 15) is 36.7 Å². The summed E-state index contributed by atoms with van der Waals surface area (Å²) in [6.07, 6.45) is -2.29. The molecule has 5 heterocycles. The van der Waals surface area contributed by atoms with E-state index in [1.165, 1.54) is 15.5 Å². The molecule has 0 radical (unpaired) electrons. The van der Waals surface area contributed by atoms with E-state index in [0.29, 0.717) is 43.2 Å². The number of rotatable bonds is 7. The van der Waals surface area contributed by atoms with Crippen LogP contribution in [0, 0.1) is 12.7 Å². The van der Waals surface area contributed by atoms with E-state index in [2.05, 4.69) is 25.9 Å². The van der Waals surface area contributed by atoms with Crippen molar-refractivity contribution in [3.8, 4) is 0 Å². The minimum Gasteiger partial charge on any atom is -0.377 e. The molecule has 19 heteroatoms. The number of fused-ring (bicyclic) bond motifs is 1. The topological polar surface area (TPSA) is 169 Å². The third kappa shape index (κ3) is 6.93. The van der Waals surface area contributed by atoms with Crippen molar-refractivity contribution >= 4 is 46.3 Å². The fraction of sp³-hybridized carbons (Fsp3) is 0.387. The van der Waals surface area contributed by atoms with Gasteiger partial charge in [0, 0.05) is 32.2 Å². The van der Waals surface area contributed by atoms with Gasteiger partial charge < -0.3 is 28.9 Å². The van der Waals surface area contributed by atoms with E-state index in [-0.39, 0.29) is 55.8 Å². The zero-order chi connectivity index (χ0) is 35.7. The predicted octanol–water partition coefficient (Wildman–Crippen LogP) is 2.64. The van der Waals surface area contributed by atoms with Gasteiger partial charge in [0.1, 0.15) is 18.0 Å². The lowest BCUT2D eigenvalue weighted by Crippen LogP contribution is -2.53. The zero-order valence-electron chi connectivity index (χ0n) is 26.8. The van der Waals surface area contributed by atoms with Crippen molar-refractivity contribution in [2.75, 3.05) is 54.9 Å². The summed E-state index contributed by atoms with van der Waals surface area (Å²) >= 11 is 0. The van der Waals surface area contributed by atoms with E-state index in [0.717, 1.165) is 16.2 Å². The van der Waals surface area contributed by atoms with Crippen molar-refractivity contribution in [1.82, 2.24) is 29.2 Å². The molecule has 0 bridgehead atoms. The average Bonchev–Trinajstić information content (AvgIpc) is 3.73. The number of benzene rings is 1. The maximum Gasteiger partial charge on any atom is 0.416 e. The van der Waals surface area contributed by atoms with Crippen molar-refractivity contribution in [2.45, 2.75) is 39.4 Å². The molecule has 264 valence electrons. The molecule has 0 atom stereocenters. The minimum atomic E-state index is -4.77. The van der Waals surface area contributed by atoms with Gasteiger partial charge in [0.05, 0.1) is 35.9 Å². The van der Waals surface area contributed by atoms with Gasteiger partial charge in [-0.05, 0) is 43.5 Å². The number of nitrogens with zero attached hydrogens (tertiary/aromatic N) is 7. The largest absolute Gasteiger partial charge is 0.416 e. The van der Waals surface area contributed by atoms with Crippen LogP contribution >= 0.6 is 0 Å². The molecule has 0 unspecified atom stereocenters. The quantitative estimate of drug-likeness (QED) is 0.216. The summed E-state index contributed by atoms with van der Waals surface area (Å²) in [5.41, 5.74) is -0.401. The molecule has 2 aliphatic rings. The van der Waals surface area contributed by atoms with Crippen LogP contribution in [0.1, 0.15) is 36.1 Å². The number of amides is 3. The number of aryl methyl sites for hydroxylation is 1. The van der Waals surface area contributed by atoms with E-state index in [1.807, 2.05) is 0 Å². The van der Waals surface area contributed by atoms with Crippen LogP contribution in [0.2, 0.25) is 0 Å². The summed E-state index contributed by atoms with van der Waals surface area (Å²) < 4.78 is 66.7. The summed E-state index contributed by atoms with van der Waals surface area (Å²) in [5, 5.41) is 12.8. The van der Waals surface area contributed by atoms with Gasteiger partial charge in [0.25, 0.3) is 5.56 Å². The van der Waals surface area contributed by atoms with Crippen LogP contribution in [0.25, 0.3) is 11.4 Å². The van der Waals surface area contributed by atoms with Crippen molar-refractivity contribution < 1.29 is 41.2 Å². The predicted molar refractivity (Wildman–Crippen MR) is 169 cm³/mol. The second-order valence-electron chi connectivity index (χ2n) is 11.5. The van der Waals surface area contributed by atoms with Crippen LogP contribution in [0.15, 0.2) is 39.7 Å². The van der Waals surface area contributed by atoms with Gasteiger partial charge >= 0.3 is 18.0 Å². The molecule has 0 saturated carbocycles. The fourth-order valence-electron chi connectivity index (χ4n) is 5.79. The van der Waals surface area contributed by atoms with Crippen LogP contribution in [0.5, 0.6) is 0 Å². The van der Waals surface area contributed by atoms with Gasteiger partial charge in [-0.15, -0.1) is 5.10 Å². The van der Waals surface area contributed by atoms with Crippen LogP contribution in [-0.4, -0.2) is 86.3 Å². The molecule has 50 heavy (non-hydrogen) atoms. The van der Waals surface area contributed by atoms with E-state index >= 15 is 0 Å². The third-order valence-electron chi connectivity index (χ3n) is 8.23. The molecule has 0 aliphatic carbocycles. The van der Waals surface area contributed by atoms with Crippen molar-refractivity contribution in [3.63, 3.8) is 0 Å². The maximum absolute atomic E-state index is 14.6. The SMILES string of the molecule is CCc1c(N2CCN(C(=O)C(=O)Nc3cc(C)no3)CC2)c(=O)n2nc(C3=CCOCC3)nc2n1CC(=O)Nc1ccc(C(F)(F)F)cc1F. The number of ether oxygens (including phenoxy) is 1. The number of nitrogens with one attached hydrogen (secondary N) is 2. The molecule has 2 aliphatic heterocycles. The highest BCUT2D eigenvalue weighted by Crippen LogP contribution is 2.31. The Bertz CT molecular complexity index is 2060. The fourth-order valence-corrected chi connectivity index (χ4v) is 5.79. The number of carbonyl (C=O) groups excluding carboxylic acids is 3. The first-order valence-corrected chi connectivity index (χ1v) is 15.6. The first-order valence-electron chi connectivity index (χ1n) is 15.6. The summed E-state index contributed by atoms with van der Waals surface area (Å²) in [7, 11) is 0. The summed E-state index contributed by atoms with van der Waals surface area (Å²) in [5.74, 6) is -3.50. The molecule has 1 saturated heterocycles. The zero-order valence-corrected chi connectivity index (χ0v) is 26.8. The average molecular weight is 702 g/mol. The van der Waals surface area contributed by atoms with Gasteiger partial charge in [-0.1, -0.05) is 18.2 Å². The monoisotopic (exact) mass is 701 g/mol. The second kappa shape index (κ2) is 13.7. The Morgan fingerprint density at radius 3 is 2.44 bits per heavy atom. The van der Waals surface area contributed by atoms with Crippen LogP contribution in [-0.2, 0) is 38.3 Å². The van der Waals surface area contributed by atoms with Gasteiger partial charge in [0.2, 0.25) is 17.6 Å². The first kappa shape index (κ1) is 34.3. The highest BCUT2D eigenvalue weighted by molar-refractivity contribution is 6.39. The number of piperazine rings is 1. The van der Waals surface area contributed by atoms with Crippen molar-refractivity contribution in [2.24, 2.45) is 0 Å². The summed E-state index contributed by atoms with van der Waals surface area (Å²) in [6.45, 7) is 4.08. The number of halogens is 4. The van der Waals surface area contributed by atoms with Crippen LogP contribution in [0.4, 0.5) is 34.8 Å². The van der Waals surface area contributed by atoms with Gasteiger partial charge in [-0.3, -0.25) is 24.5 Å². The standard InChI is InChI=1S/C31H31F4N9O6/c1-3-22-25(41-8-10-42(11-9-41)29(48)27(46)37-24-14-17(2)40-50-24)28(47)44-30(38-26(39-44)18-6-12-49-13-7-18)43(22)16-23(45)36-21-5-4-19(15-20(21)32)31(33,34)35/h4-6,14-15H,3,7-13,16H2,1-2H3,(H,36,45)(H,37,46). The Hall–Kier alpha value is -5.59. The molecule has 1 fully saturated rings. The summed E-state index contributed by atoms with van der Waals surface area (Å²) in [4.78, 5) is 60.5. The maximum atomic E-state index is 14.6. The van der Waals surface area contributed by atoms with E-state index in [4.69, 9.17) is 9.26 Å². The molecule has 2 N–H and O–H groups in total. The van der Waals surface area contributed by atoms with Gasteiger partial charge in [-0.2, -0.15) is 22.7 Å². The molecule has 3 aromatic heterocycles. The Balaban J connectivity index is 1.30. The number of anilines is 3. The number of hydrogen-bond donors (Lipinski definition) is 2. The first-order chi connectivity index (χ1) is 23.8. The molecule has 4 aromatic rings. The van der Waals surface area contributed by atoms with E-state index < -0.39 is 53.1 Å². The lowest BCUT2D eigenvalue weighted by molar-refractivity contribution is -0.143. The van der Waals surface area contributed by atoms with Crippen LogP contribution < -0.4 is 21.1 Å². The van der Waals surface area contributed by atoms with Gasteiger partial charge in [0.15, 0.2) is 5.82 Å². The number of hydrogen-bond acceptors (Lipinski definition) is 10. The molecule has 1 aromatic carbocycles. The Morgan fingerprint density at radius 2 is 1.82 bits per heavy atom. The number of carbonyl (C=O) groups is 3. The smallest absolute Gasteiger partial charge is 0.377 e. The minimum absolute atomic E-state index is 0.0224. The molecule has 15 nitrogen and oxygen atoms in total. The molecule has 6 rings (SSSR count). The van der Waals surface area contributed by atoms with Crippen molar-refractivity contribution in [1.29, 1.82) is 0 Å². The second-order valence-corrected chi connectivity index (χ2v) is 11.5. The Morgan fingerprint density at radius 1 is 1.06 bits per heavy atom. The highest BCUT2D eigenvalue weighted by atomic mass is 19.4. The van der Waals surface area contributed by atoms with Gasteiger partial charge in [-0.25, -0.2) is 4.39 Å². The lowest BCUT2D eigenvalue weighted by Gasteiger charge is -2.36. The molecular formula is C31H31F4N9O6. The summed E-state index contributed by atoms with van der Waals surface area (Å²) in [6, 6.07) is 3.23. The third-order valence-corrected chi connectivity index (χ3v) is 8.23. The highest BCUT2D eigenvalue weighted by Gasteiger charge is 2.33. The van der Waals surface area contributed by atoms with Crippen LogP contribution in [0.3, 0.4) is 0 Å². The van der Waals surface area contributed by atoms with E-state index in [1.54, 1.807) is 24.8 Å². The molecular weight excluding hydrogens is 670 g/mol. The Labute approximate surface area is 280 Å². The normalized spacial score (nSPS) is 15.3. The molecule has 3 amide bonds. The molecule has 0 spiro atoms. The lowest BCUT2D eigenvalue weighted by atomic mass is 10.1.